The molecule has 0 aliphatic carbocycles. The molecule has 0 aromatic heterocycles. The number of ether oxygens (including phenoxy) is 2. The number of benzene rings is 2. The lowest BCUT2D eigenvalue weighted by molar-refractivity contribution is 0.126. The average molecular weight is 383 g/mol. The molecule has 0 saturated carbocycles. The number of amides is 2. The summed E-state index contributed by atoms with van der Waals surface area (Å²) in [4.78, 5) is 16.5. The van der Waals surface area contributed by atoms with E-state index in [9.17, 15) is 4.79 Å². The predicted octanol–water partition coefficient (Wildman–Crippen LogP) is 2.64. The van der Waals surface area contributed by atoms with Gasteiger partial charge >= 0.3 is 6.03 Å². The van der Waals surface area contributed by atoms with Gasteiger partial charge in [0.2, 0.25) is 0 Å². The van der Waals surface area contributed by atoms with E-state index in [0.29, 0.717) is 13.2 Å². The van der Waals surface area contributed by atoms with E-state index >= 15 is 0 Å². The van der Waals surface area contributed by atoms with Crippen LogP contribution in [-0.4, -0.2) is 68.8 Å². The summed E-state index contributed by atoms with van der Waals surface area (Å²) in [6, 6.07) is 17.9. The van der Waals surface area contributed by atoms with Gasteiger partial charge in [-0.25, -0.2) is 4.79 Å². The molecule has 1 fully saturated rings. The van der Waals surface area contributed by atoms with Crippen LogP contribution in [0.1, 0.15) is 5.56 Å². The fourth-order valence-corrected chi connectivity index (χ4v) is 3.21. The van der Waals surface area contributed by atoms with Crippen LogP contribution in [0.5, 0.6) is 11.5 Å². The largest absolute Gasteiger partial charge is 0.497 e. The standard InChI is InChI=1S/C22H29N3O3/c1-27-20-7-9-21(10-8-20)28-18-17-24-13-15-25(16-14-24)22(26)23-12-11-19-5-3-2-4-6-19/h2-10H,11-18H2,1H3,(H,23,26). The molecule has 28 heavy (non-hydrogen) atoms. The lowest BCUT2D eigenvalue weighted by Crippen LogP contribution is -2.52. The third-order valence-corrected chi connectivity index (χ3v) is 4.93. The summed E-state index contributed by atoms with van der Waals surface area (Å²) >= 11 is 0. The zero-order valence-electron chi connectivity index (χ0n) is 16.5. The number of carbonyl (C=O) groups excluding carboxylic acids is 1. The Labute approximate surface area is 167 Å². The number of hydrogen-bond donors (Lipinski definition) is 1. The number of urea groups is 1. The Kier molecular flexibility index (Phi) is 7.55. The second-order valence-corrected chi connectivity index (χ2v) is 6.82. The SMILES string of the molecule is COc1ccc(OCCN2CCN(C(=O)NCCc3ccccc3)CC2)cc1. The monoisotopic (exact) mass is 383 g/mol. The molecule has 0 unspecified atom stereocenters. The molecule has 0 spiro atoms. The van der Waals surface area contributed by atoms with Crippen molar-refractivity contribution in [3.8, 4) is 11.5 Å². The van der Waals surface area contributed by atoms with Gasteiger partial charge in [0.15, 0.2) is 0 Å². The Bertz CT molecular complexity index is 714. The molecule has 1 aliphatic rings. The van der Waals surface area contributed by atoms with E-state index in [4.69, 9.17) is 9.47 Å². The molecule has 1 aliphatic heterocycles. The first-order chi connectivity index (χ1) is 13.7. The van der Waals surface area contributed by atoms with Gasteiger partial charge in [-0.1, -0.05) is 30.3 Å². The minimum absolute atomic E-state index is 0.0325. The molecule has 2 aromatic carbocycles. The third-order valence-electron chi connectivity index (χ3n) is 4.93. The van der Waals surface area contributed by atoms with E-state index in [1.165, 1.54) is 5.56 Å². The Morgan fingerprint density at radius 1 is 0.964 bits per heavy atom. The second-order valence-electron chi connectivity index (χ2n) is 6.82. The Hall–Kier alpha value is -2.73. The van der Waals surface area contributed by atoms with E-state index < -0.39 is 0 Å². The van der Waals surface area contributed by atoms with Crippen molar-refractivity contribution in [2.45, 2.75) is 6.42 Å². The fraction of sp³-hybridized carbons (Fsp3) is 0.409. The van der Waals surface area contributed by atoms with Crippen LogP contribution in [0.3, 0.4) is 0 Å². The first kappa shape index (κ1) is 20.0. The number of piperazine rings is 1. The molecule has 0 atom stereocenters. The summed E-state index contributed by atoms with van der Waals surface area (Å²) in [6.07, 6.45) is 0.856. The first-order valence-corrected chi connectivity index (χ1v) is 9.80. The van der Waals surface area contributed by atoms with Gasteiger partial charge in [-0.15, -0.1) is 0 Å². The number of carbonyl (C=O) groups is 1. The van der Waals surface area contributed by atoms with E-state index in [2.05, 4.69) is 22.3 Å². The molecular weight excluding hydrogens is 354 g/mol. The molecule has 2 aromatic rings. The van der Waals surface area contributed by atoms with Crippen molar-refractivity contribution in [3.05, 3.63) is 60.2 Å². The summed E-state index contributed by atoms with van der Waals surface area (Å²) in [6.45, 7) is 5.40. The highest BCUT2D eigenvalue weighted by atomic mass is 16.5. The van der Waals surface area contributed by atoms with Gasteiger partial charge in [-0.05, 0) is 36.2 Å². The number of methoxy groups -OCH3 is 1. The van der Waals surface area contributed by atoms with Crippen molar-refractivity contribution in [3.63, 3.8) is 0 Å². The quantitative estimate of drug-likeness (QED) is 0.761. The van der Waals surface area contributed by atoms with Crippen molar-refractivity contribution in [1.82, 2.24) is 15.1 Å². The first-order valence-electron chi connectivity index (χ1n) is 9.80. The molecule has 3 rings (SSSR count). The minimum atomic E-state index is 0.0325. The molecule has 1 heterocycles. The van der Waals surface area contributed by atoms with Crippen molar-refractivity contribution < 1.29 is 14.3 Å². The normalized spacial score (nSPS) is 14.5. The maximum absolute atomic E-state index is 12.3. The smallest absolute Gasteiger partial charge is 0.317 e. The van der Waals surface area contributed by atoms with Crippen LogP contribution in [0.15, 0.2) is 54.6 Å². The zero-order chi connectivity index (χ0) is 19.6. The molecule has 150 valence electrons. The van der Waals surface area contributed by atoms with Crippen molar-refractivity contribution in [2.24, 2.45) is 0 Å². The van der Waals surface area contributed by atoms with Crippen molar-refractivity contribution in [2.75, 3.05) is 53.0 Å². The van der Waals surface area contributed by atoms with Crippen molar-refractivity contribution in [1.29, 1.82) is 0 Å². The summed E-state index contributed by atoms with van der Waals surface area (Å²) in [5.41, 5.74) is 1.24. The summed E-state index contributed by atoms with van der Waals surface area (Å²) in [5.74, 6) is 1.67. The number of rotatable bonds is 8. The molecule has 0 bridgehead atoms. The second kappa shape index (κ2) is 10.6. The number of nitrogens with one attached hydrogen (secondary N) is 1. The Balaban J connectivity index is 1.29. The van der Waals surface area contributed by atoms with Gasteiger partial charge in [-0.2, -0.15) is 0 Å². The number of nitrogens with zero attached hydrogens (tertiary/aromatic N) is 2. The highest BCUT2D eigenvalue weighted by Gasteiger charge is 2.20. The third kappa shape index (κ3) is 6.16. The highest BCUT2D eigenvalue weighted by Crippen LogP contribution is 2.17. The Morgan fingerprint density at radius 3 is 2.32 bits per heavy atom. The molecular formula is C22H29N3O3. The van der Waals surface area contributed by atoms with Crippen LogP contribution in [0.25, 0.3) is 0 Å². The maximum atomic E-state index is 12.3. The van der Waals surface area contributed by atoms with Gasteiger partial charge in [0.25, 0.3) is 0 Å². The summed E-state index contributed by atoms with van der Waals surface area (Å²) in [5, 5.41) is 3.02. The topological polar surface area (TPSA) is 54.0 Å². The summed E-state index contributed by atoms with van der Waals surface area (Å²) < 4.78 is 10.9. The van der Waals surface area contributed by atoms with Crippen LogP contribution in [0.4, 0.5) is 4.79 Å². The number of hydrogen-bond acceptors (Lipinski definition) is 4. The van der Waals surface area contributed by atoms with Gasteiger partial charge in [-0.3, -0.25) is 4.90 Å². The van der Waals surface area contributed by atoms with E-state index in [1.807, 2.05) is 47.4 Å². The zero-order valence-corrected chi connectivity index (χ0v) is 16.5. The van der Waals surface area contributed by atoms with Gasteiger partial charge in [0.05, 0.1) is 7.11 Å². The Morgan fingerprint density at radius 2 is 1.64 bits per heavy atom. The molecule has 1 saturated heterocycles. The van der Waals surface area contributed by atoms with Gasteiger partial charge in [0.1, 0.15) is 18.1 Å². The summed E-state index contributed by atoms with van der Waals surface area (Å²) in [7, 11) is 1.65. The highest BCUT2D eigenvalue weighted by molar-refractivity contribution is 5.74. The van der Waals surface area contributed by atoms with E-state index in [-0.39, 0.29) is 6.03 Å². The maximum Gasteiger partial charge on any atom is 0.317 e. The van der Waals surface area contributed by atoms with Crippen LogP contribution in [0, 0.1) is 0 Å². The van der Waals surface area contributed by atoms with E-state index in [0.717, 1.165) is 50.6 Å². The van der Waals surface area contributed by atoms with Gasteiger partial charge < -0.3 is 19.7 Å². The molecule has 6 nitrogen and oxygen atoms in total. The molecule has 6 heteroatoms. The fourth-order valence-electron chi connectivity index (χ4n) is 3.21. The molecule has 2 amide bonds. The minimum Gasteiger partial charge on any atom is -0.497 e. The van der Waals surface area contributed by atoms with Crippen LogP contribution >= 0.6 is 0 Å². The van der Waals surface area contributed by atoms with Crippen LogP contribution < -0.4 is 14.8 Å². The van der Waals surface area contributed by atoms with Crippen LogP contribution in [0.2, 0.25) is 0 Å². The lowest BCUT2D eigenvalue weighted by atomic mass is 10.1. The van der Waals surface area contributed by atoms with E-state index in [1.54, 1.807) is 7.11 Å². The van der Waals surface area contributed by atoms with Crippen molar-refractivity contribution >= 4 is 6.03 Å². The lowest BCUT2D eigenvalue weighted by Gasteiger charge is -2.34. The average Bonchev–Trinajstić information content (AvgIpc) is 2.75. The molecule has 1 N–H and O–H groups in total. The van der Waals surface area contributed by atoms with Gasteiger partial charge in [0, 0.05) is 39.3 Å². The predicted molar refractivity (Wildman–Crippen MR) is 110 cm³/mol. The van der Waals surface area contributed by atoms with Crippen LogP contribution in [-0.2, 0) is 6.42 Å². The molecule has 0 radical (unpaired) electrons.